The number of aliphatic hydroxyl groups is 1. The van der Waals surface area contributed by atoms with Crippen molar-refractivity contribution >= 4 is 22.9 Å². The number of hydrogen-bond acceptors (Lipinski definition) is 3. The molecule has 0 saturated heterocycles. The minimum Gasteiger partial charge on any atom is -0.506 e. The number of fused-ring (bicyclic) bond motifs is 1. The molecule has 1 N–H and O–H groups in total. The van der Waals surface area contributed by atoms with Crippen molar-refractivity contribution < 1.29 is 36.2 Å². The molecule has 0 heterocycles. The zero-order valence-corrected chi connectivity index (χ0v) is 14.1. The van der Waals surface area contributed by atoms with Gasteiger partial charge in [0.2, 0.25) is 0 Å². The van der Waals surface area contributed by atoms with Crippen LogP contribution in [-0.2, 0) is 12.4 Å². The number of ketones is 1. The number of alkyl halides is 6. The SMILES string of the molecule is CC(=Nc1cc(C(F)(F)F)cc(C(F)(F)F)c1)C1=C(O)c2ccccc2C1=O. The summed E-state index contributed by atoms with van der Waals surface area (Å²) >= 11 is 0. The number of Topliss-reactive ketones (excluding diaryl/α,β-unsaturated/α-hetero) is 1. The number of hydrogen-bond donors (Lipinski definition) is 1. The van der Waals surface area contributed by atoms with Crippen LogP contribution in [0.1, 0.15) is 34.0 Å². The fourth-order valence-electron chi connectivity index (χ4n) is 2.85. The van der Waals surface area contributed by atoms with Gasteiger partial charge in [-0.15, -0.1) is 0 Å². The number of allylic oxidation sites excluding steroid dienone is 1. The van der Waals surface area contributed by atoms with Crippen molar-refractivity contribution in [2.45, 2.75) is 19.3 Å². The van der Waals surface area contributed by atoms with Gasteiger partial charge in [-0.3, -0.25) is 9.79 Å². The summed E-state index contributed by atoms with van der Waals surface area (Å²) < 4.78 is 77.8. The van der Waals surface area contributed by atoms with Gasteiger partial charge in [0.15, 0.2) is 5.78 Å². The van der Waals surface area contributed by atoms with E-state index in [4.69, 9.17) is 0 Å². The summed E-state index contributed by atoms with van der Waals surface area (Å²) in [6.07, 6.45) is -10.0. The second kappa shape index (κ2) is 6.50. The molecule has 0 bridgehead atoms. The van der Waals surface area contributed by atoms with Gasteiger partial charge < -0.3 is 5.11 Å². The zero-order chi connectivity index (χ0) is 20.9. The molecule has 0 spiro atoms. The maximum absolute atomic E-state index is 13.0. The lowest BCUT2D eigenvalue weighted by Crippen LogP contribution is -2.11. The summed E-state index contributed by atoms with van der Waals surface area (Å²) in [5.74, 6) is -1.04. The van der Waals surface area contributed by atoms with Crippen LogP contribution in [0.15, 0.2) is 53.0 Å². The molecular weight excluding hydrogens is 388 g/mol. The molecule has 0 aromatic heterocycles. The summed E-state index contributed by atoms with van der Waals surface area (Å²) in [6.45, 7) is 1.23. The molecule has 0 atom stereocenters. The van der Waals surface area contributed by atoms with Crippen LogP contribution in [0.25, 0.3) is 5.76 Å². The maximum atomic E-state index is 13.0. The monoisotopic (exact) mass is 399 g/mol. The molecule has 3 nitrogen and oxygen atoms in total. The smallest absolute Gasteiger partial charge is 0.416 e. The molecular formula is C19H11F6NO2. The van der Waals surface area contributed by atoms with Gasteiger partial charge in [-0.1, -0.05) is 24.3 Å². The van der Waals surface area contributed by atoms with Crippen molar-refractivity contribution in [1.82, 2.24) is 0 Å². The lowest BCUT2D eigenvalue weighted by Gasteiger charge is -2.13. The summed E-state index contributed by atoms with van der Waals surface area (Å²) in [4.78, 5) is 16.2. The molecule has 0 saturated carbocycles. The van der Waals surface area contributed by atoms with E-state index in [1.807, 2.05) is 0 Å². The van der Waals surface area contributed by atoms with Crippen molar-refractivity contribution in [1.29, 1.82) is 0 Å². The van der Waals surface area contributed by atoms with Crippen LogP contribution in [0.2, 0.25) is 0 Å². The van der Waals surface area contributed by atoms with Crippen LogP contribution < -0.4 is 0 Å². The Balaban J connectivity index is 2.11. The second-order valence-electron chi connectivity index (χ2n) is 6.06. The Kier molecular flexibility index (Phi) is 4.57. The van der Waals surface area contributed by atoms with E-state index in [-0.39, 0.29) is 28.5 Å². The van der Waals surface area contributed by atoms with Crippen LogP contribution in [-0.4, -0.2) is 16.6 Å². The van der Waals surface area contributed by atoms with E-state index in [0.717, 1.165) is 0 Å². The quantitative estimate of drug-likeness (QED) is 0.499. The van der Waals surface area contributed by atoms with Crippen molar-refractivity contribution in [3.63, 3.8) is 0 Å². The number of nitrogens with zero attached hydrogens (tertiary/aromatic N) is 1. The van der Waals surface area contributed by atoms with E-state index >= 15 is 0 Å². The fraction of sp³-hybridized carbons (Fsp3) is 0.158. The molecule has 28 heavy (non-hydrogen) atoms. The van der Waals surface area contributed by atoms with E-state index in [0.29, 0.717) is 12.1 Å². The summed E-state index contributed by atoms with van der Waals surface area (Å²) in [6, 6.07) is 6.92. The Labute approximate surface area is 154 Å². The minimum absolute atomic E-state index is 0.0122. The zero-order valence-electron chi connectivity index (χ0n) is 14.1. The highest BCUT2D eigenvalue weighted by Crippen LogP contribution is 2.39. The van der Waals surface area contributed by atoms with Crippen LogP contribution in [0, 0.1) is 0 Å². The molecule has 9 heteroatoms. The summed E-state index contributed by atoms with van der Waals surface area (Å²) in [5, 5.41) is 10.2. The summed E-state index contributed by atoms with van der Waals surface area (Å²) in [7, 11) is 0. The Morgan fingerprint density at radius 3 is 1.86 bits per heavy atom. The minimum atomic E-state index is -5.01. The summed E-state index contributed by atoms with van der Waals surface area (Å²) in [5.41, 5.74) is -3.76. The predicted octanol–water partition coefficient (Wildman–Crippen LogP) is 5.98. The third-order valence-corrected chi connectivity index (χ3v) is 4.12. The number of halogens is 6. The first-order chi connectivity index (χ1) is 12.9. The highest BCUT2D eigenvalue weighted by molar-refractivity contribution is 6.35. The average Bonchev–Trinajstić information content (AvgIpc) is 2.84. The van der Waals surface area contributed by atoms with E-state index in [2.05, 4.69) is 4.99 Å². The Morgan fingerprint density at radius 1 is 0.893 bits per heavy atom. The Bertz CT molecular complexity index is 999. The largest absolute Gasteiger partial charge is 0.506 e. The van der Waals surface area contributed by atoms with Crippen molar-refractivity contribution in [2.75, 3.05) is 0 Å². The fourth-order valence-corrected chi connectivity index (χ4v) is 2.85. The van der Waals surface area contributed by atoms with Crippen molar-refractivity contribution in [2.24, 2.45) is 4.99 Å². The lowest BCUT2D eigenvalue weighted by molar-refractivity contribution is -0.143. The standard InChI is InChI=1S/C19H11F6NO2/c1-9(15-16(27)13-4-2-3-5-14(13)17(15)28)26-12-7-10(18(20,21)22)6-11(8-12)19(23,24)25/h2-8,27H,1H3. The van der Waals surface area contributed by atoms with E-state index in [1.54, 1.807) is 12.1 Å². The van der Waals surface area contributed by atoms with Gasteiger partial charge in [0.25, 0.3) is 0 Å². The number of carbonyl (C=O) groups excluding carboxylic acids is 1. The van der Waals surface area contributed by atoms with Crippen LogP contribution >= 0.6 is 0 Å². The van der Waals surface area contributed by atoms with Gasteiger partial charge in [-0.25, -0.2) is 0 Å². The van der Waals surface area contributed by atoms with Gasteiger partial charge in [0.05, 0.1) is 28.1 Å². The van der Waals surface area contributed by atoms with Crippen LogP contribution in [0.3, 0.4) is 0 Å². The van der Waals surface area contributed by atoms with Crippen molar-refractivity contribution in [3.8, 4) is 0 Å². The molecule has 0 unspecified atom stereocenters. The van der Waals surface area contributed by atoms with Gasteiger partial charge in [-0.2, -0.15) is 26.3 Å². The molecule has 0 fully saturated rings. The molecule has 2 aromatic rings. The molecule has 2 aromatic carbocycles. The van der Waals surface area contributed by atoms with E-state index in [1.165, 1.54) is 19.1 Å². The maximum Gasteiger partial charge on any atom is 0.416 e. The number of carbonyl (C=O) groups is 1. The Hall–Kier alpha value is -3.10. The first kappa shape index (κ1) is 19.7. The number of rotatable bonds is 2. The molecule has 1 aliphatic carbocycles. The van der Waals surface area contributed by atoms with E-state index < -0.39 is 40.7 Å². The molecule has 1 aliphatic rings. The first-order valence-corrected chi connectivity index (χ1v) is 7.82. The first-order valence-electron chi connectivity index (χ1n) is 7.82. The molecule has 0 amide bonds. The number of benzene rings is 2. The number of aliphatic hydroxyl groups excluding tert-OH is 1. The molecule has 0 radical (unpaired) electrons. The van der Waals surface area contributed by atoms with Gasteiger partial charge in [0, 0.05) is 11.1 Å². The molecule has 3 rings (SSSR count). The molecule has 146 valence electrons. The topological polar surface area (TPSA) is 49.7 Å². The van der Waals surface area contributed by atoms with Gasteiger partial charge in [-0.05, 0) is 25.1 Å². The predicted molar refractivity (Wildman–Crippen MR) is 89.5 cm³/mol. The highest BCUT2D eigenvalue weighted by Gasteiger charge is 2.37. The average molecular weight is 399 g/mol. The highest BCUT2D eigenvalue weighted by atomic mass is 19.4. The van der Waals surface area contributed by atoms with Crippen molar-refractivity contribution in [3.05, 3.63) is 70.3 Å². The number of aliphatic imine (C=N–C) groups is 1. The van der Waals surface area contributed by atoms with Gasteiger partial charge in [0.1, 0.15) is 5.76 Å². The third kappa shape index (κ3) is 3.51. The second-order valence-corrected chi connectivity index (χ2v) is 6.06. The van der Waals surface area contributed by atoms with E-state index in [9.17, 15) is 36.2 Å². The Morgan fingerprint density at radius 2 is 1.39 bits per heavy atom. The van der Waals surface area contributed by atoms with Crippen LogP contribution in [0.5, 0.6) is 0 Å². The third-order valence-electron chi connectivity index (χ3n) is 4.12. The van der Waals surface area contributed by atoms with Crippen LogP contribution in [0.4, 0.5) is 32.0 Å². The lowest BCUT2D eigenvalue weighted by atomic mass is 10.1. The van der Waals surface area contributed by atoms with Gasteiger partial charge >= 0.3 is 12.4 Å². The normalized spacial score (nSPS) is 15.2. The molecule has 0 aliphatic heterocycles.